The second-order valence-corrected chi connectivity index (χ2v) is 10.9. The Kier molecular flexibility index (Phi) is 8.56. The highest BCUT2D eigenvalue weighted by molar-refractivity contribution is 8.06. The summed E-state index contributed by atoms with van der Waals surface area (Å²) in [7, 11) is -7.63. The number of nitrogens with zero attached hydrogens (tertiary/aromatic N) is 2. The molecule has 0 amide bonds. The summed E-state index contributed by atoms with van der Waals surface area (Å²) in [6.45, 7) is 6.55. The maximum atomic E-state index is 11.9. The molecule has 2 saturated heterocycles. The van der Waals surface area contributed by atoms with Crippen LogP contribution in [-0.2, 0) is 20.0 Å². The van der Waals surface area contributed by atoms with Crippen LogP contribution >= 0.6 is 0 Å². The molecule has 0 aliphatic carbocycles. The number of hydrogen-bond acceptors (Lipinski definition) is 6. The van der Waals surface area contributed by atoms with E-state index in [9.17, 15) is 16.8 Å². The minimum Gasteiger partial charge on any atom is -0.303 e. The van der Waals surface area contributed by atoms with Crippen LogP contribution in [-0.4, -0.2) is 84.1 Å². The van der Waals surface area contributed by atoms with E-state index in [2.05, 4.69) is 19.2 Å². The van der Waals surface area contributed by atoms with Crippen LogP contribution in [0.5, 0.6) is 0 Å². The van der Waals surface area contributed by atoms with Crippen molar-refractivity contribution < 1.29 is 16.8 Å². The molecule has 0 unspecified atom stereocenters. The van der Waals surface area contributed by atoms with Gasteiger partial charge in [0.05, 0.1) is 0 Å². The molecule has 2 aliphatic rings. The van der Waals surface area contributed by atoms with E-state index in [-0.39, 0.29) is 13.1 Å². The highest BCUT2D eigenvalue weighted by atomic mass is 32.3. The first-order valence-corrected chi connectivity index (χ1v) is 12.6. The van der Waals surface area contributed by atoms with Gasteiger partial charge in [-0.05, 0) is 77.8 Å². The topological polar surface area (TPSA) is 98.8 Å². The van der Waals surface area contributed by atoms with Crippen LogP contribution in [0.1, 0.15) is 38.5 Å². The Morgan fingerprint density at radius 1 is 0.640 bits per heavy atom. The highest BCUT2D eigenvalue weighted by Crippen LogP contribution is 2.08. The third-order valence-electron chi connectivity index (χ3n) is 4.65. The van der Waals surface area contributed by atoms with Crippen LogP contribution in [0.15, 0.2) is 0 Å². The van der Waals surface area contributed by atoms with E-state index >= 15 is 0 Å². The van der Waals surface area contributed by atoms with Gasteiger partial charge in [-0.25, -0.2) is 26.3 Å². The number of sulfonamides is 2. The molecule has 10 heteroatoms. The van der Waals surface area contributed by atoms with Crippen molar-refractivity contribution in [2.45, 2.75) is 38.5 Å². The van der Waals surface area contributed by atoms with E-state index in [0.717, 1.165) is 39.3 Å². The van der Waals surface area contributed by atoms with E-state index in [1.807, 2.05) is 0 Å². The number of likely N-dealkylation sites (tertiary alicyclic amines) is 2. The van der Waals surface area contributed by atoms with Gasteiger partial charge < -0.3 is 9.80 Å². The molecule has 2 aliphatic heterocycles. The minimum atomic E-state index is -3.82. The zero-order valence-electron chi connectivity index (χ0n) is 15.0. The van der Waals surface area contributed by atoms with Gasteiger partial charge in [-0.2, -0.15) is 0 Å². The molecule has 0 saturated carbocycles. The summed E-state index contributed by atoms with van der Waals surface area (Å²) in [6, 6.07) is 0. The van der Waals surface area contributed by atoms with Crippen molar-refractivity contribution in [2.24, 2.45) is 0 Å². The molecule has 2 rings (SSSR count). The molecule has 0 bridgehead atoms. The first-order chi connectivity index (χ1) is 11.9. The average Bonchev–Trinajstić information content (AvgIpc) is 3.20. The van der Waals surface area contributed by atoms with E-state index in [1.54, 1.807) is 0 Å². The molecule has 0 aromatic rings. The lowest BCUT2D eigenvalue weighted by atomic mass is 10.4. The molecule has 0 spiro atoms. The zero-order chi connectivity index (χ0) is 18.2. The molecule has 148 valence electrons. The van der Waals surface area contributed by atoms with Crippen LogP contribution in [0.2, 0.25) is 0 Å². The first kappa shape index (κ1) is 21.0. The molecule has 0 atom stereocenters. The minimum absolute atomic E-state index is 0.281. The van der Waals surface area contributed by atoms with Gasteiger partial charge in [0.1, 0.15) is 0 Å². The van der Waals surface area contributed by atoms with Crippen molar-refractivity contribution >= 4 is 20.0 Å². The van der Waals surface area contributed by atoms with Crippen LogP contribution in [0.4, 0.5) is 0 Å². The smallest absolute Gasteiger partial charge is 0.227 e. The molecule has 25 heavy (non-hydrogen) atoms. The molecule has 2 N–H and O–H groups in total. The van der Waals surface area contributed by atoms with Crippen LogP contribution in [0.3, 0.4) is 0 Å². The van der Waals surface area contributed by atoms with Gasteiger partial charge in [-0.3, -0.25) is 0 Å². The van der Waals surface area contributed by atoms with Crippen LogP contribution in [0.25, 0.3) is 0 Å². The van der Waals surface area contributed by atoms with E-state index in [0.29, 0.717) is 12.8 Å². The van der Waals surface area contributed by atoms with Crippen molar-refractivity contribution in [3.8, 4) is 0 Å². The Balaban J connectivity index is 1.59. The lowest BCUT2D eigenvalue weighted by molar-refractivity contribution is 0.334. The van der Waals surface area contributed by atoms with Gasteiger partial charge in [0, 0.05) is 13.1 Å². The Morgan fingerprint density at radius 3 is 1.36 bits per heavy atom. The normalized spacial score (nSPS) is 20.5. The highest BCUT2D eigenvalue weighted by Gasteiger charge is 2.21. The van der Waals surface area contributed by atoms with Gasteiger partial charge in [-0.1, -0.05) is 0 Å². The third-order valence-corrected chi connectivity index (χ3v) is 8.42. The lowest BCUT2D eigenvalue weighted by Crippen LogP contribution is -2.38. The van der Waals surface area contributed by atoms with E-state index < -0.39 is 25.1 Å². The first-order valence-electron chi connectivity index (χ1n) is 9.26. The van der Waals surface area contributed by atoms with Crippen molar-refractivity contribution in [3.05, 3.63) is 0 Å². The van der Waals surface area contributed by atoms with Crippen molar-refractivity contribution in [1.82, 2.24) is 19.2 Å². The van der Waals surface area contributed by atoms with E-state index in [1.165, 1.54) is 25.7 Å². The van der Waals surface area contributed by atoms with Gasteiger partial charge in [0.25, 0.3) is 0 Å². The van der Waals surface area contributed by atoms with Gasteiger partial charge in [-0.15, -0.1) is 0 Å². The summed E-state index contributed by atoms with van der Waals surface area (Å²) in [4.78, 5) is 4.60. The van der Waals surface area contributed by atoms with E-state index in [4.69, 9.17) is 0 Å². The molecule has 0 radical (unpaired) electrons. The molecule has 0 aromatic heterocycles. The molecule has 2 heterocycles. The van der Waals surface area contributed by atoms with Crippen LogP contribution < -0.4 is 9.44 Å². The average molecular weight is 397 g/mol. The Bertz CT molecular complexity index is 531. The summed E-state index contributed by atoms with van der Waals surface area (Å²) in [5.41, 5.74) is 0. The molecular weight excluding hydrogens is 364 g/mol. The SMILES string of the molecule is O=S(=O)(CS(=O)(=O)NCCCN1CCCC1)NCCCN1CCCC1. The molecule has 0 aromatic carbocycles. The van der Waals surface area contributed by atoms with Crippen LogP contribution in [0, 0.1) is 0 Å². The molecular formula is C15H32N4O4S2. The molecule has 2 fully saturated rings. The second-order valence-electron chi connectivity index (χ2n) is 6.94. The molecule has 8 nitrogen and oxygen atoms in total. The van der Waals surface area contributed by atoms with Gasteiger partial charge in [0.2, 0.25) is 20.0 Å². The summed E-state index contributed by atoms with van der Waals surface area (Å²) in [5.74, 6) is 0. The maximum Gasteiger partial charge on any atom is 0.227 e. The predicted octanol–water partition coefficient (Wildman–Crippen LogP) is -0.245. The summed E-state index contributed by atoms with van der Waals surface area (Å²) < 4.78 is 52.5. The number of hydrogen-bond donors (Lipinski definition) is 2. The number of rotatable bonds is 12. The fraction of sp³-hybridized carbons (Fsp3) is 1.00. The number of nitrogens with one attached hydrogen (secondary N) is 2. The lowest BCUT2D eigenvalue weighted by Gasteiger charge is -2.15. The van der Waals surface area contributed by atoms with Crippen molar-refractivity contribution in [1.29, 1.82) is 0 Å². The quantitative estimate of drug-likeness (QED) is 0.442. The Morgan fingerprint density at radius 2 is 1.00 bits per heavy atom. The fourth-order valence-electron chi connectivity index (χ4n) is 3.36. The van der Waals surface area contributed by atoms with Crippen molar-refractivity contribution in [2.75, 3.05) is 57.4 Å². The standard InChI is InChI=1S/C15H32N4O4S2/c20-24(21,16-7-5-13-18-9-1-2-10-18)15-25(22,23)17-8-6-14-19-11-3-4-12-19/h16-17H,1-15H2. The summed E-state index contributed by atoms with van der Waals surface area (Å²) >= 11 is 0. The monoisotopic (exact) mass is 396 g/mol. The summed E-state index contributed by atoms with van der Waals surface area (Å²) in [5, 5.41) is -0.895. The fourth-order valence-corrected chi connectivity index (χ4v) is 6.57. The van der Waals surface area contributed by atoms with Gasteiger partial charge >= 0.3 is 0 Å². The second kappa shape index (κ2) is 10.2. The zero-order valence-corrected chi connectivity index (χ0v) is 16.6. The van der Waals surface area contributed by atoms with Gasteiger partial charge in [0.15, 0.2) is 5.08 Å². The predicted molar refractivity (Wildman–Crippen MR) is 99.3 cm³/mol. The van der Waals surface area contributed by atoms with Crippen molar-refractivity contribution in [3.63, 3.8) is 0 Å². The largest absolute Gasteiger partial charge is 0.303 e. The Labute approximate surface area is 152 Å². The maximum absolute atomic E-state index is 11.9. The Hall–Kier alpha value is -0.260. The summed E-state index contributed by atoms with van der Waals surface area (Å²) in [6.07, 6.45) is 6.20. The third kappa shape index (κ3) is 8.78.